The van der Waals surface area contributed by atoms with Gasteiger partial charge in [-0.1, -0.05) is 19.1 Å². The van der Waals surface area contributed by atoms with E-state index in [-0.39, 0.29) is 6.03 Å². The molecule has 0 spiro atoms. The fourth-order valence-corrected chi connectivity index (χ4v) is 2.59. The number of likely N-dealkylation sites (tertiary alicyclic amines) is 1. The Morgan fingerprint density at radius 2 is 2.00 bits per heavy atom. The molecular weight excluding hydrogens is 268 g/mol. The van der Waals surface area contributed by atoms with Crippen molar-refractivity contribution in [3.8, 4) is 11.5 Å². The molecule has 1 N–H and O–H groups in total. The number of rotatable bonds is 4. The van der Waals surface area contributed by atoms with Crippen LogP contribution in [0.4, 0.5) is 4.79 Å². The summed E-state index contributed by atoms with van der Waals surface area (Å²) < 4.78 is 10.6. The summed E-state index contributed by atoms with van der Waals surface area (Å²) in [7, 11) is 3.21. The summed E-state index contributed by atoms with van der Waals surface area (Å²) in [4.78, 5) is 14.1. The van der Waals surface area contributed by atoms with Gasteiger partial charge < -0.3 is 19.7 Å². The quantitative estimate of drug-likeness (QED) is 0.928. The van der Waals surface area contributed by atoms with Gasteiger partial charge in [0.25, 0.3) is 0 Å². The van der Waals surface area contributed by atoms with Crippen molar-refractivity contribution in [3.05, 3.63) is 23.8 Å². The summed E-state index contributed by atoms with van der Waals surface area (Å²) in [6.07, 6.45) is 2.16. The zero-order valence-electron chi connectivity index (χ0n) is 13.0. The molecule has 1 aliphatic heterocycles. The molecule has 5 nitrogen and oxygen atoms in total. The second kappa shape index (κ2) is 7.20. The van der Waals surface area contributed by atoms with E-state index in [1.807, 2.05) is 23.1 Å². The van der Waals surface area contributed by atoms with Gasteiger partial charge >= 0.3 is 6.03 Å². The maximum absolute atomic E-state index is 12.2. The van der Waals surface area contributed by atoms with Crippen molar-refractivity contribution in [3.63, 3.8) is 0 Å². The molecule has 1 fully saturated rings. The molecule has 1 aromatic carbocycles. The summed E-state index contributed by atoms with van der Waals surface area (Å²) in [6.45, 7) is 4.34. The van der Waals surface area contributed by atoms with E-state index in [1.165, 1.54) is 0 Å². The first-order valence-electron chi connectivity index (χ1n) is 7.38. The van der Waals surface area contributed by atoms with Crippen molar-refractivity contribution in [2.24, 2.45) is 5.92 Å². The number of hydrogen-bond donors (Lipinski definition) is 1. The lowest BCUT2D eigenvalue weighted by Crippen LogP contribution is -2.43. The first kappa shape index (κ1) is 15.5. The van der Waals surface area contributed by atoms with Crippen molar-refractivity contribution in [2.45, 2.75) is 26.3 Å². The molecule has 1 aliphatic rings. The van der Waals surface area contributed by atoms with Gasteiger partial charge in [0.05, 0.1) is 14.2 Å². The predicted octanol–water partition coefficient (Wildman–Crippen LogP) is 2.65. The molecule has 1 heterocycles. The van der Waals surface area contributed by atoms with Crippen LogP contribution < -0.4 is 14.8 Å². The Hall–Kier alpha value is -1.91. The standard InChI is InChI=1S/C16H24N2O3/c1-12-7-9-18(10-8-12)16(19)17-11-13-5-4-6-14(20-2)15(13)21-3/h4-6,12H,7-11H2,1-3H3,(H,17,19). The molecule has 116 valence electrons. The molecule has 0 aromatic heterocycles. The average molecular weight is 292 g/mol. The van der Waals surface area contributed by atoms with Gasteiger partial charge in [-0.2, -0.15) is 0 Å². The highest BCUT2D eigenvalue weighted by Crippen LogP contribution is 2.30. The first-order chi connectivity index (χ1) is 10.2. The van der Waals surface area contributed by atoms with Gasteiger partial charge in [0.1, 0.15) is 0 Å². The second-order valence-corrected chi connectivity index (χ2v) is 5.48. The third-order valence-corrected chi connectivity index (χ3v) is 3.99. The molecule has 5 heteroatoms. The number of nitrogens with zero attached hydrogens (tertiary/aromatic N) is 1. The Labute approximate surface area is 126 Å². The van der Waals surface area contributed by atoms with Crippen LogP contribution >= 0.6 is 0 Å². The predicted molar refractivity (Wildman–Crippen MR) is 81.8 cm³/mol. The highest BCUT2D eigenvalue weighted by Gasteiger charge is 2.20. The number of benzene rings is 1. The maximum Gasteiger partial charge on any atom is 0.317 e. The minimum absolute atomic E-state index is 0.00762. The number of amides is 2. The molecular formula is C16H24N2O3. The third kappa shape index (κ3) is 3.80. The number of nitrogens with one attached hydrogen (secondary N) is 1. The number of para-hydroxylation sites is 1. The van der Waals surface area contributed by atoms with Gasteiger partial charge in [-0.3, -0.25) is 0 Å². The number of hydrogen-bond acceptors (Lipinski definition) is 3. The number of urea groups is 1. The summed E-state index contributed by atoms with van der Waals surface area (Å²) in [5, 5.41) is 2.96. The monoisotopic (exact) mass is 292 g/mol. The van der Waals surface area contributed by atoms with Gasteiger partial charge in [0, 0.05) is 25.2 Å². The molecule has 0 saturated carbocycles. The topological polar surface area (TPSA) is 50.8 Å². The number of carbonyl (C=O) groups is 1. The smallest absolute Gasteiger partial charge is 0.317 e. The lowest BCUT2D eigenvalue weighted by atomic mass is 10.00. The van der Waals surface area contributed by atoms with Crippen molar-refractivity contribution in [1.29, 1.82) is 0 Å². The Balaban J connectivity index is 1.95. The molecule has 0 atom stereocenters. The molecule has 2 amide bonds. The van der Waals surface area contributed by atoms with Crippen molar-refractivity contribution >= 4 is 6.03 Å². The number of carbonyl (C=O) groups excluding carboxylic acids is 1. The van der Waals surface area contributed by atoms with E-state index < -0.39 is 0 Å². The Bertz CT molecular complexity index is 482. The van der Waals surface area contributed by atoms with Gasteiger partial charge in [-0.25, -0.2) is 4.79 Å². The van der Waals surface area contributed by atoms with Crippen LogP contribution in [0.2, 0.25) is 0 Å². The minimum atomic E-state index is -0.00762. The zero-order chi connectivity index (χ0) is 15.2. The maximum atomic E-state index is 12.2. The summed E-state index contributed by atoms with van der Waals surface area (Å²) in [5.41, 5.74) is 0.913. The highest BCUT2D eigenvalue weighted by molar-refractivity contribution is 5.74. The van der Waals surface area contributed by atoms with Crippen LogP contribution in [0.5, 0.6) is 11.5 Å². The van der Waals surface area contributed by atoms with Crippen LogP contribution in [-0.2, 0) is 6.54 Å². The Kier molecular flexibility index (Phi) is 5.31. The van der Waals surface area contributed by atoms with Crippen LogP contribution in [0.25, 0.3) is 0 Å². The summed E-state index contributed by atoms with van der Waals surface area (Å²) in [6, 6.07) is 5.66. The zero-order valence-corrected chi connectivity index (χ0v) is 13.0. The second-order valence-electron chi connectivity index (χ2n) is 5.48. The van der Waals surface area contributed by atoms with Crippen LogP contribution in [0.1, 0.15) is 25.3 Å². The van der Waals surface area contributed by atoms with E-state index in [1.54, 1.807) is 14.2 Å². The van der Waals surface area contributed by atoms with Crippen LogP contribution in [0.3, 0.4) is 0 Å². The number of piperidine rings is 1. The van der Waals surface area contributed by atoms with E-state index in [9.17, 15) is 4.79 Å². The van der Waals surface area contributed by atoms with Gasteiger partial charge in [-0.05, 0) is 24.8 Å². The van der Waals surface area contributed by atoms with Crippen molar-refractivity contribution < 1.29 is 14.3 Å². The lowest BCUT2D eigenvalue weighted by Gasteiger charge is -2.30. The molecule has 0 radical (unpaired) electrons. The molecule has 0 aliphatic carbocycles. The van der Waals surface area contributed by atoms with E-state index in [4.69, 9.17) is 9.47 Å². The highest BCUT2D eigenvalue weighted by atomic mass is 16.5. The minimum Gasteiger partial charge on any atom is -0.493 e. The molecule has 2 rings (SSSR count). The van der Waals surface area contributed by atoms with Gasteiger partial charge in [0.2, 0.25) is 0 Å². The Morgan fingerprint density at radius 3 is 2.62 bits per heavy atom. The molecule has 0 bridgehead atoms. The molecule has 1 saturated heterocycles. The largest absolute Gasteiger partial charge is 0.493 e. The van der Waals surface area contributed by atoms with E-state index in [0.29, 0.717) is 24.0 Å². The Morgan fingerprint density at radius 1 is 1.29 bits per heavy atom. The van der Waals surface area contributed by atoms with Gasteiger partial charge in [0.15, 0.2) is 11.5 Å². The summed E-state index contributed by atoms with van der Waals surface area (Å²) >= 11 is 0. The lowest BCUT2D eigenvalue weighted by molar-refractivity contribution is 0.173. The summed E-state index contributed by atoms with van der Waals surface area (Å²) in [5.74, 6) is 2.07. The van der Waals surface area contributed by atoms with Crippen molar-refractivity contribution in [2.75, 3.05) is 27.3 Å². The van der Waals surface area contributed by atoms with Crippen LogP contribution in [0, 0.1) is 5.92 Å². The van der Waals surface area contributed by atoms with E-state index in [2.05, 4.69) is 12.2 Å². The van der Waals surface area contributed by atoms with E-state index >= 15 is 0 Å². The van der Waals surface area contributed by atoms with Crippen molar-refractivity contribution in [1.82, 2.24) is 10.2 Å². The molecule has 1 aromatic rings. The fourth-order valence-electron chi connectivity index (χ4n) is 2.59. The van der Waals surface area contributed by atoms with Gasteiger partial charge in [-0.15, -0.1) is 0 Å². The molecule has 0 unspecified atom stereocenters. The average Bonchev–Trinajstić information content (AvgIpc) is 2.52. The number of ether oxygens (including phenoxy) is 2. The third-order valence-electron chi connectivity index (χ3n) is 3.99. The normalized spacial score (nSPS) is 15.7. The van der Waals surface area contributed by atoms with Crippen LogP contribution in [0.15, 0.2) is 18.2 Å². The molecule has 21 heavy (non-hydrogen) atoms. The SMILES string of the molecule is COc1cccc(CNC(=O)N2CCC(C)CC2)c1OC. The van der Waals surface area contributed by atoms with Crippen LogP contribution in [-0.4, -0.2) is 38.2 Å². The number of methoxy groups -OCH3 is 2. The fraction of sp³-hybridized carbons (Fsp3) is 0.562. The first-order valence-corrected chi connectivity index (χ1v) is 7.38. The van der Waals surface area contributed by atoms with E-state index in [0.717, 1.165) is 31.5 Å².